The van der Waals surface area contributed by atoms with Gasteiger partial charge in [0.1, 0.15) is 6.04 Å². The number of thioether (sulfide) groups is 1. The van der Waals surface area contributed by atoms with Crippen LogP contribution in [-0.4, -0.2) is 47.5 Å². The first kappa shape index (κ1) is 28.7. The number of hydrogen-bond acceptors (Lipinski definition) is 4. The minimum absolute atomic E-state index is 0.0908. The number of carboxylic acid groups (broad SMARTS) is 1. The third-order valence-corrected chi connectivity index (χ3v) is 10.1. The molecule has 3 N–H and O–H groups in total. The van der Waals surface area contributed by atoms with Gasteiger partial charge in [0, 0.05) is 18.5 Å². The van der Waals surface area contributed by atoms with Crippen molar-refractivity contribution in [2.75, 3.05) is 18.6 Å². The lowest BCUT2D eigenvalue weighted by molar-refractivity contribution is -0.139. The Morgan fingerprint density at radius 3 is 2.30 bits per heavy atom. The van der Waals surface area contributed by atoms with Gasteiger partial charge in [0.25, 0.3) is 5.91 Å². The second kappa shape index (κ2) is 12.4. The summed E-state index contributed by atoms with van der Waals surface area (Å²) in [6.45, 7) is 2.81. The number of hydrogen-bond donors (Lipinski definition) is 3. The van der Waals surface area contributed by atoms with Gasteiger partial charge in [-0.3, -0.25) is 9.59 Å². The number of benzene rings is 2. The first-order chi connectivity index (χ1) is 19.2. The maximum atomic E-state index is 13.3. The predicted octanol–water partition coefficient (Wildman–Crippen LogP) is 5.86. The van der Waals surface area contributed by atoms with Crippen molar-refractivity contribution in [3.63, 3.8) is 0 Å². The fourth-order valence-electron chi connectivity index (χ4n) is 7.91. The molecule has 214 valence electrons. The molecule has 1 atom stereocenters. The number of carbonyl (C=O) groups is 3. The highest BCUT2D eigenvalue weighted by Crippen LogP contribution is 2.59. The van der Waals surface area contributed by atoms with Crippen LogP contribution in [0.5, 0.6) is 0 Å². The van der Waals surface area contributed by atoms with Crippen LogP contribution in [0.1, 0.15) is 72.9 Å². The van der Waals surface area contributed by atoms with Crippen LogP contribution >= 0.6 is 11.8 Å². The maximum Gasteiger partial charge on any atom is 0.326 e. The molecule has 2 aromatic rings. The van der Waals surface area contributed by atoms with E-state index in [1.807, 2.05) is 49.6 Å². The lowest BCUT2D eigenvalue weighted by Gasteiger charge is -2.56. The van der Waals surface area contributed by atoms with Gasteiger partial charge in [-0.1, -0.05) is 36.4 Å². The summed E-state index contributed by atoms with van der Waals surface area (Å²) in [5.41, 5.74) is 4.46. The van der Waals surface area contributed by atoms with Gasteiger partial charge in [-0.25, -0.2) is 4.79 Å². The Hall–Kier alpha value is -2.80. The highest BCUT2D eigenvalue weighted by Gasteiger charge is 2.50. The average molecular weight is 563 g/mol. The summed E-state index contributed by atoms with van der Waals surface area (Å²) in [7, 11) is 0. The first-order valence-electron chi connectivity index (χ1n) is 14.7. The van der Waals surface area contributed by atoms with E-state index >= 15 is 0 Å². The number of carboxylic acids is 1. The maximum absolute atomic E-state index is 13.3. The Bertz CT molecular complexity index is 1220. The molecule has 4 aliphatic rings. The smallest absolute Gasteiger partial charge is 0.326 e. The normalized spacial score (nSPS) is 25.4. The minimum atomic E-state index is -1.03. The van der Waals surface area contributed by atoms with Crippen molar-refractivity contribution in [1.82, 2.24) is 10.6 Å². The number of nitrogens with one attached hydrogen (secondary N) is 2. The number of aliphatic carboxylic acids is 1. The highest BCUT2D eigenvalue weighted by molar-refractivity contribution is 7.98. The third-order valence-electron chi connectivity index (χ3n) is 9.44. The standard InChI is InChI=1S/C33H42N2O4S/c1-21-5-3-4-6-26(21)28-16-22(7-9-27(28)31(37)35-29(32(38)39)11-12-40-2)8-10-30(36)34-20-33-17-23-13-24(18-33)15-25(14-23)19-33/h3-7,9,16,23-25,29H,8,10-15,17-20H2,1-2H3,(H,34,36)(H,35,37)(H,38,39)/t23?,24?,25?,29-,33?/m0/s1. The Morgan fingerprint density at radius 1 is 1.00 bits per heavy atom. The van der Waals surface area contributed by atoms with Crippen LogP contribution in [0.25, 0.3) is 11.1 Å². The number of carbonyl (C=O) groups excluding carboxylic acids is 2. The lowest BCUT2D eigenvalue weighted by Crippen LogP contribution is -2.51. The van der Waals surface area contributed by atoms with Crippen molar-refractivity contribution in [2.45, 2.75) is 70.8 Å². The third kappa shape index (κ3) is 6.56. The molecule has 4 bridgehead atoms. The Labute approximate surface area is 242 Å². The monoisotopic (exact) mass is 562 g/mol. The van der Waals surface area contributed by atoms with Crippen LogP contribution in [0.2, 0.25) is 0 Å². The van der Waals surface area contributed by atoms with E-state index in [1.165, 1.54) is 38.5 Å². The highest BCUT2D eigenvalue weighted by atomic mass is 32.2. The molecule has 2 amide bonds. The van der Waals surface area contributed by atoms with Crippen LogP contribution in [0.15, 0.2) is 42.5 Å². The van der Waals surface area contributed by atoms with Gasteiger partial charge < -0.3 is 15.7 Å². The molecular weight excluding hydrogens is 520 g/mol. The zero-order valence-electron chi connectivity index (χ0n) is 23.7. The second-order valence-corrected chi connectivity index (χ2v) is 13.5. The number of rotatable bonds is 12. The summed E-state index contributed by atoms with van der Waals surface area (Å²) >= 11 is 1.55. The predicted molar refractivity (Wildman–Crippen MR) is 160 cm³/mol. The molecule has 0 unspecified atom stereocenters. The Morgan fingerprint density at radius 2 is 1.68 bits per heavy atom. The number of amides is 2. The average Bonchev–Trinajstić information content (AvgIpc) is 2.92. The van der Waals surface area contributed by atoms with Crippen molar-refractivity contribution < 1.29 is 19.5 Å². The molecule has 0 spiro atoms. The van der Waals surface area contributed by atoms with Crippen molar-refractivity contribution in [3.05, 3.63) is 59.2 Å². The van der Waals surface area contributed by atoms with E-state index in [1.54, 1.807) is 17.8 Å². The van der Waals surface area contributed by atoms with Crippen molar-refractivity contribution in [3.8, 4) is 11.1 Å². The van der Waals surface area contributed by atoms with Gasteiger partial charge in [-0.2, -0.15) is 11.8 Å². The lowest BCUT2D eigenvalue weighted by atomic mass is 9.49. The SMILES string of the molecule is CSCC[C@H](NC(=O)c1ccc(CCC(=O)NCC23CC4CC(CC(C4)C2)C3)cc1-c1ccccc1C)C(=O)O. The fourth-order valence-corrected chi connectivity index (χ4v) is 8.38. The van der Waals surface area contributed by atoms with Gasteiger partial charge in [-0.05, 0) is 122 Å². The zero-order valence-corrected chi connectivity index (χ0v) is 24.5. The zero-order chi connectivity index (χ0) is 28.3. The summed E-state index contributed by atoms with van der Waals surface area (Å²) < 4.78 is 0. The topological polar surface area (TPSA) is 95.5 Å². The van der Waals surface area contributed by atoms with Gasteiger partial charge in [0.2, 0.25) is 5.91 Å². The van der Waals surface area contributed by atoms with Crippen LogP contribution in [0.3, 0.4) is 0 Å². The summed E-state index contributed by atoms with van der Waals surface area (Å²) in [6, 6.07) is 12.6. The molecule has 2 aromatic carbocycles. The molecule has 0 aromatic heterocycles. The first-order valence-corrected chi connectivity index (χ1v) is 16.1. The molecule has 6 nitrogen and oxygen atoms in total. The van der Waals surface area contributed by atoms with Crippen LogP contribution in [0, 0.1) is 30.1 Å². The van der Waals surface area contributed by atoms with E-state index < -0.39 is 17.9 Å². The summed E-state index contributed by atoms with van der Waals surface area (Å²) in [6.07, 6.45) is 11.3. The van der Waals surface area contributed by atoms with Gasteiger partial charge >= 0.3 is 5.97 Å². The number of aryl methyl sites for hydroxylation is 2. The molecule has 6 rings (SSSR count). The molecule has 4 aliphatic carbocycles. The minimum Gasteiger partial charge on any atom is -0.480 e. The Kier molecular flexibility index (Phi) is 8.89. The quantitative estimate of drug-likeness (QED) is 0.301. The summed E-state index contributed by atoms with van der Waals surface area (Å²) in [4.78, 5) is 38.0. The molecule has 0 saturated heterocycles. The molecule has 0 aliphatic heterocycles. The van der Waals surface area contributed by atoms with Crippen molar-refractivity contribution in [1.29, 1.82) is 0 Å². The summed E-state index contributed by atoms with van der Waals surface area (Å²) in [5, 5.41) is 15.6. The largest absolute Gasteiger partial charge is 0.480 e. The molecule has 4 saturated carbocycles. The van der Waals surface area contributed by atoms with E-state index in [2.05, 4.69) is 10.6 Å². The van der Waals surface area contributed by atoms with Crippen molar-refractivity contribution in [2.24, 2.45) is 23.2 Å². The molecule has 0 heterocycles. The van der Waals surface area contributed by atoms with Crippen LogP contribution < -0.4 is 10.6 Å². The molecule has 7 heteroatoms. The van der Waals surface area contributed by atoms with Crippen LogP contribution in [-0.2, 0) is 16.0 Å². The fraction of sp³-hybridized carbons (Fsp3) is 0.545. The van der Waals surface area contributed by atoms with E-state index in [0.29, 0.717) is 36.0 Å². The van der Waals surface area contributed by atoms with Crippen molar-refractivity contribution >= 4 is 29.5 Å². The molecule has 40 heavy (non-hydrogen) atoms. The second-order valence-electron chi connectivity index (χ2n) is 12.5. The van der Waals surface area contributed by atoms with E-state index in [0.717, 1.165) is 46.6 Å². The molecular formula is C33H42N2O4S. The van der Waals surface area contributed by atoms with E-state index in [-0.39, 0.29) is 5.91 Å². The van der Waals surface area contributed by atoms with Crippen LogP contribution in [0.4, 0.5) is 0 Å². The molecule has 0 radical (unpaired) electrons. The van der Waals surface area contributed by atoms with Gasteiger partial charge in [0.15, 0.2) is 0 Å². The molecule has 4 fully saturated rings. The van der Waals surface area contributed by atoms with Gasteiger partial charge in [-0.15, -0.1) is 0 Å². The Balaban J connectivity index is 1.26. The van der Waals surface area contributed by atoms with E-state index in [9.17, 15) is 19.5 Å². The van der Waals surface area contributed by atoms with E-state index in [4.69, 9.17) is 0 Å². The van der Waals surface area contributed by atoms with Gasteiger partial charge in [0.05, 0.1) is 0 Å². The summed E-state index contributed by atoms with van der Waals surface area (Å²) in [5.74, 6) is 1.92.